The zero-order valence-electron chi connectivity index (χ0n) is 11.6. The normalized spacial score (nSPS) is 10.7. The average Bonchev–Trinajstić information content (AvgIpc) is 2.51. The van der Waals surface area contributed by atoms with E-state index >= 15 is 0 Å². The fourth-order valence-electron chi connectivity index (χ4n) is 2.17. The van der Waals surface area contributed by atoms with E-state index in [0.29, 0.717) is 11.1 Å². The van der Waals surface area contributed by atoms with Crippen LogP contribution in [-0.4, -0.2) is 26.9 Å². The van der Waals surface area contributed by atoms with Gasteiger partial charge in [0.25, 0.3) is 0 Å². The molecule has 3 aromatic rings. The van der Waals surface area contributed by atoms with Gasteiger partial charge in [-0.15, -0.1) is 11.3 Å². The molecular formula is C16H11BO4S. The van der Waals surface area contributed by atoms with Crippen molar-refractivity contribution in [1.29, 1.82) is 0 Å². The van der Waals surface area contributed by atoms with Gasteiger partial charge >= 0.3 is 0 Å². The zero-order chi connectivity index (χ0) is 15.5. The first-order chi connectivity index (χ1) is 10.6. The van der Waals surface area contributed by atoms with Crippen LogP contribution in [0, 0.1) is 0 Å². The van der Waals surface area contributed by atoms with E-state index in [9.17, 15) is 9.59 Å². The minimum atomic E-state index is -0.827. The summed E-state index contributed by atoms with van der Waals surface area (Å²) < 4.78 is 11.9. The molecule has 0 atom stereocenters. The van der Waals surface area contributed by atoms with Gasteiger partial charge in [-0.2, -0.15) is 0 Å². The number of benzene rings is 2. The first-order valence-electron chi connectivity index (χ1n) is 6.66. The van der Waals surface area contributed by atoms with Crippen molar-refractivity contribution < 1.29 is 14.3 Å². The Labute approximate surface area is 131 Å². The van der Waals surface area contributed by atoms with E-state index in [0.717, 1.165) is 14.8 Å². The van der Waals surface area contributed by atoms with Gasteiger partial charge in [-0.1, -0.05) is 12.1 Å². The highest BCUT2D eigenvalue weighted by Crippen LogP contribution is 2.27. The van der Waals surface area contributed by atoms with E-state index in [1.165, 1.54) is 11.3 Å². The molecule has 108 valence electrons. The molecule has 0 aliphatic rings. The molecule has 0 amide bonds. The molecule has 1 heterocycles. The van der Waals surface area contributed by atoms with E-state index in [2.05, 4.69) is 4.74 Å². The number of fused-ring (bicyclic) bond motifs is 2. The summed E-state index contributed by atoms with van der Waals surface area (Å²) in [6.07, 6.45) is 0. The highest BCUT2D eigenvalue weighted by Gasteiger charge is 2.06. The standard InChI is InChI=1S/C16H11BO4S/c17-16(19)21-8-7-20-10-5-6-12-14(9-10)22-13-4-2-1-3-11(13)15(12)18/h1-6,9H,7-8H2. The third kappa shape index (κ3) is 2.97. The minimum absolute atomic E-state index is 0.0213. The monoisotopic (exact) mass is 310 g/mol. The summed E-state index contributed by atoms with van der Waals surface area (Å²) in [7, 11) is 4.87. The number of rotatable bonds is 4. The van der Waals surface area contributed by atoms with Crippen molar-refractivity contribution in [2.75, 3.05) is 13.2 Å². The second-order valence-electron chi connectivity index (χ2n) is 4.60. The third-order valence-corrected chi connectivity index (χ3v) is 4.28. The van der Waals surface area contributed by atoms with Gasteiger partial charge in [0.05, 0.1) is 0 Å². The number of carbonyl (C=O) groups is 1. The molecular weight excluding hydrogens is 299 g/mol. The van der Waals surface area contributed by atoms with Crippen LogP contribution in [0.5, 0.6) is 5.75 Å². The topological polar surface area (TPSA) is 52.6 Å². The molecule has 0 aliphatic carbocycles. The lowest BCUT2D eigenvalue weighted by atomic mass is 10.2. The summed E-state index contributed by atoms with van der Waals surface area (Å²) in [4.78, 5) is 22.9. The van der Waals surface area contributed by atoms with Crippen LogP contribution in [0.1, 0.15) is 0 Å². The predicted octanol–water partition coefficient (Wildman–Crippen LogP) is 3.10. The Morgan fingerprint density at radius 2 is 1.82 bits per heavy atom. The van der Waals surface area contributed by atoms with Crippen LogP contribution in [0.15, 0.2) is 47.3 Å². The summed E-state index contributed by atoms with van der Waals surface area (Å²) >= 11 is 1.54. The van der Waals surface area contributed by atoms with Crippen molar-refractivity contribution in [3.63, 3.8) is 0 Å². The first-order valence-corrected chi connectivity index (χ1v) is 7.47. The molecule has 4 nitrogen and oxygen atoms in total. The largest absolute Gasteiger partial charge is 0.490 e. The lowest BCUT2D eigenvalue weighted by Crippen LogP contribution is -2.10. The highest BCUT2D eigenvalue weighted by atomic mass is 32.1. The zero-order valence-corrected chi connectivity index (χ0v) is 12.4. The van der Waals surface area contributed by atoms with Crippen LogP contribution in [0.3, 0.4) is 0 Å². The molecule has 0 bridgehead atoms. The molecule has 0 N–H and O–H groups in total. The van der Waals surface area contributed by atoms with E-state index in [1.54, 1.807) is 12.1 Å². The van der Waals surface area contributed by atoms with Crippen LogP contribution in [0.2, 0.25) is 0 Å². The Morgan fingerprint density at radius 3 is 2.64 bits per heavy atom. The maximum Gasteiger partial charge on any atom is 0.235 e. The van der Waals surface area contributed by atoms with Crippen LogP contribution in [0.25, 0.3) is 20.2 Å². The van der Waals surface area contributed by atoms with Gasteiger partial charge in [0, 0.05) is 20.2 Å². The molecule has 22 heavy (non-hydrogen) atoms. The van der Waals surface area contributed by atoms with Gasteiger partial charge in [-0.05, 0) is 30.3 Å². The number of hydrogen-bond donors (Lipinski definition) is 0. The Bertz CT molecular complexity index is 903. The van der Waals surface area contributed by atoms with Crippen molar-refractivity contribution in [3.05, 3.63) is 52.7 Å². The molecule has 2 aromatic carbocycles. The predicted molar refractivity (Wildman–Crippen MR) is 88.2 cm³/mol. The van der Waals surface area contributed by atoms with Crippen LogP contribution in [-0.2, 0) is 4.74 Å². The second-order valence-corrected chi connectivity index (χ2v) is 5.69. The van der Waals surface area contributed by atoms with Crippen molar-refractivity contribution in [1.82, 2.24) is 0 Å². The number of carbonyl (C=O) groups excluding carboxylic acids is 1. The van der Waals surface area contributed by atoms with E-state index in [-0.39, 0.29) is 18.6 Å². The fourth-order valence-corrected chi connectivity index (χ4v) is 3.27. The molecule has 1 aromatic heterocycles. The maximum absolute atomic E-state index is 12.4. The second kappa shape index (κ2) is 6.19. The molecule has 0 fully saturated rings. The SMILES string of the molecule is [B]C(=O)OCCOc1ccc2c(=O)c3ccccc3sc2c1. The summed E-state index contributed by atoms with van der Waals surface area (Å²) in [5.74, 6) is -0.210. The highest BCUT2D eigenvalue weighted by molar-refractivity contribution is 7.24. The summed E-state index contributed by atoms with van der Waals surface area (Å²) in [6, 6.07) is 12.8. The number of hydrogen-bond acceptors (Lipinski definition) is 5. The van der Waals surface area contributed by atoms with Gasteiger partial charge in [0.2, 0.25) is 13.7 Å². The number of ether oxygens (including phenoxy) is 2. The van der Waals surface area contributed by atoms with Gasteiger partial charge in [0.1, 0.15) is 19.0 Å². The molecule has 0 saturated carbocycles. The van der Waals surface area contributed by atoms with Crippen molar-refractivity contribution in [2.45, 2.75) is 0 Å². The molecule has 0 saturated heterocycles. The maximum atomic E-state index is 12.4. The van der Waals surface area contributed by atoms with Gasteiger partial charge < -0.3 is 9.47 Å². The summed E-state index contributed by atoms with van der Waals surface area (Å²) in [5, 5.41) is 1.40. The Kier molecular flexibility index (Phi) is 4.11. The first kappa shape index (κ1) is 14.6. The Morgan fingerprint density at radius 1 is 1.05 bits per heavy atom. The van der Waals surface area contributed by atoms with Gasteiger partial charge in [-0.3, -0.25) is 9.59 Å². The minimum Gasteiger partial charge on any atom is -0.490 e. The van der Waals surface area contributed by atoms with Crippen molar-refractivity contribution in [3.8, 4) is 5.75 Å². The smallest absolute Gasteiger partial charge is 0.235 e. The molecule has 0 unspecified atom stereocenters. The molecule has 3 rings (SSSR count). The average molecular weight is 310 g/mol. The lowest BCUT2D eigenvalue weighted by molar-refractivity contribution is 0.147. The van der Waals surface area contributed by atoms with Crippen molar-refractivity contribution in [2.24, 2.45) is 0 Å². The van der Waals surface area contributed by atoms with Crippen LogP contribution in [0.4, 0.5) is 4.79 Å². The fraction of sp³-hybridized carbons (Fsp3) is 0.125. The van der Waals surface area contributed by atoms with E-state index in [1.807, 2.05) is 30.3 Å². The van der Waals surface area contributed by atoms with Gasteiger partial charge in [0.15, 0.2) is 5.43 Å². The Hall–Kier alpha value is -2.34. The molecule has 6 heteroatoms. The van der Waals surface area contributed by atoms with Crippen LogP contribution < -0.4 is 10.2 Å². The molecule has 0 spiro atoms. The Balaban J connectivity index is 1.91. The van der Waals surface area contributed by atoms with E-state index < -0.39 is 5.87 Å². The summed E-state index contributed by atoms with van der Waals surface area (Å²) in [6.45, 7) is 0.290. The van der Waals surface area contributed by atoms with E-state index in [4.69, 9.17) is 12.6 Å². The molecule has 0 aliphatic heterocycles. The summed E-state index contributed by atoms with van der Waals surface area (Å²) in [5.41, 5.74) is 0.0213. The lowest BCUT2D eigenvalue weighted by Gasteiger charge is -2.07. The third-order valence-electron chi connectivity index (χ3n) is 3.15. The van der Waals surface area contributed by atoms with Crippen molar-refractivity contribution >= 4 is 45.2 Å². The van der Waals surface area contributed by atoms with Crippen LogP contribution >= 0.6 is 11.3 Å². The molecule has 2 radical (unpaired) electrons. The quantitative estimate of drug-likeness (QED) is 0.422. The van der Waals surface area contributed by atoms with Gasteiger partial charge in [-0.25, -0.2) is 0 Å².